The molecule has 2 amide bonds. The number of benzene rings is 2. The highest BCUT2D eigenvalue weighted by atomic mass is 32.2. The molecular formula is C23H31FN4O4S. The van der Waals surface area contributed by atoms with Crippen LogP contribution in [0.15, 0.2) is 54.6 Å². The molecule has 2 rings (SSSR count). The molecule has 33 heavy (non-hydrogen) atoms. The van der Waals surface area contributed by atoms with E-state index in [0.717, 1.165) is 26.3 Å². The van der Waals surface area contributed by atoms with Gasteiger partial charge in [-0.1, -0.05) is 30.3 Å². The van der Waals surface area contributed by atoms with Crippen LogP contribution in [-0.2, 0) is 26.3 Å². The van der Waals surface area contributed by atoms with Gasteiger partial charge in [-0.05, 0) is 50.6 Å². The van der Waals surface area contributed by atoms with Gasteiger partial charge in [0, 0.05) is 26.7 Å². The lowest BCUT2D eigenvalue weighted by Crippen LogP contribution is -2.53. The Balaban J connectivity index is 2.42. The molecule has 0 bridgehead atoms. The number of anilines is 1. The predicted octanol–water partition coefficient (Wildman–Crippen LogP) is 2.38. The number of rotatable bonds is 10. The van der Waals surface area contributed by atoms with E-state index in [0.29, 0.717) is 0 Å². The zero-order valence-corrected chi connectivity index (χ0v) is 20.3. The SMILES string of the molecule is CC(C)NC(=O)[C@H](C)N(Cc1ccccc1)C(=O)CN(c1ccc(F)cc1)S(=O)(=O)N(C)C. The Morgan fingerprint density at radius 3 is 2.06 bits per heavy atom. The number of amides is 2. The zero-order chi connectivity index (χ0) is 24.8. The third-order valence-electron chi connectivity index (χ3n) is 4.93. The Labute approximate surface area is 195 Å². The minimum absolute atomic E-state index is 0.117. The quantitative estimate of drug-likeness (QED) is 0.568. The molecule has 1 N–H and O–H groups in total. The van der Waals surface area contributed by atoms with E-state index in [9.17, 15) is 22.4 Å². The van der Waals surface area contributed by atoms with Crippen LogP contribution in [0.1, 0.15) is 26.3 Å². The van der Waals surface area contributed by atoms with Gasteiger partial charge < -0.3 is 10.2 Å². The number of hydrogen-bond donors (Lipinski definition) is 1. The standard InChI is InChI=1S/C23H31FN4O4S/c1-17(2)25-23(30)18(3)27(15-19-9-7-6-8-10-19)22(29)16-28(33(31,32)26(4)5)21-13-11-20(24)12-14-21/h6-14,17-18H,15-16H2,1-5H3,(H,25,30)/t18-/m0/s1. The minimum Gasteiger partial charge on any atom is -0.352 e. The Hall–Kier alpha value is -2.98. The van der Waals surface area contributed by atoms with Gasteiger partial charge in [0.25, 0.3) is 0 Å². The second kappa shape index (κ2) is 11.2. The lowest BCUT2D eigenvalue weighted by atomic mass is 10.1. The summed E-state index contributed by atoms with van der Waals surface area (Å²) in [6, 6.07) is 13.0. The van der Waals surface area contributed by atoms with Crippen molar-refractivity contribution in [3.8, 4) is 0 Å². The van der Waals surface area contributed by atoms with E-state index in [1.807, 2.05) is 44.2 Å². The molecule has 0 saturated heterocycles. The number of carbonyl (C=O) groups is 2. The summed E-state index contributed by atoms with van der Waals surface area (Å²) in [7, 11) is -1.39. The number of carbonyl (C=O) groups excluding carboxylic acids is 2. The smallest absolute Gasteiger partial charge is 0.304 e. The average Bonchev–Trinajstić information content (AvgIpc) is 2.76. The summed E-state index contributed by atoms with van der Waals surface area (Å²) in [4.78, 5) is 27.5. The molecule has 0 heterocycles. The summed E-state index contributed by atoms with van der Waals surface area (Å²) < 4.78 is 41.3. The second-order valence-electron chi connectivity index (χ2n) is 8.12. The maximum Gasteiger partial charge on any atom is 0.304 e. The van der Waals surface area contributed by atoms with Crippen LogP contribution in [0.25, 0.3) is 0 Å². The molecule has 0 aromatic heterocycles. The van der Waals surface area contributed by atoms with Crippen molar-refractivity contribution in [2.45, 2.75) is 39.4 Å². The first-order valence-electron chi connectivity index (χ1n) is 10.5. The van der Waals surface area contributed by atoms with Gasteiger partial charge in [0.1, 0.15) is 18.4 Å². The normalized spacial score (nSPS) is 12.5. The molecular weight excluding hydrogens is 447 g/mol. The topological polar surface area (TPSA) is 90.0 Å². The van der Waals surface area contributed by atoms with Gasteiger partial charge in [-0.25, -0.2) is 8.70 Å². The fraction of sp³-hybridized carbons (Fsp3) is 0.391. The van der Waals surface area contributed by atoms with Crippen LogP contribution in [0.3, 0.4) is 0 Å². The van der Waals surface area contributed by atoms with Crippen molar-refractivity contribution in [1.29, 1.82) is 0 Å². The molecule has 0 aliphatic rings. The van der Waals surface area contributed by atoms with Crippen LogP contribution >= 0.6 is 0 Å². The monoisotopic (exact) mass is 478 g/mol. The van der Waals surface area contributed by atoms with Crippen molar-refractivity contribution in [2.75, 3.05) is 24.9 Å². The summed E-state index contributed by atoms with van der Waals surface area (Å²) in [6.07, 6.45) is 0. The van der Waals surface area contributed by atoms with E-state index >= 15 is 0 Å². The van der Waals surface area contributed by atoms with Gasteiger partial charge in [-0.15, -0.1) is 0 Å². The lowest BCUT2D eigenvalue weighted by Gasteiger charge is -2.33. The summed E-state index contributed by atoms with van der Waals surface area (Å²) >= 11 is 0. The van der Waals surface area contributed by atoms with Crippen molar-refractivity contribution in [3.05, 3.63) is 66.0 Å². The highest BCUT2D eigenvalue weighted by Crippen LogP contribution is 2.21. The third-order valence-corrected chi connectivity index (χ3v) is 6.75. The highest BCUT2D eigenvalue weighted by molar-refractivity contribution is 7.90. The Kier molecular flexibility index (Phi) is 8.95. The van der Waals surface area contributed by atoms with Crippen LogP contribution in [0.5, 0.6) is 0 Å². The van der Waals surface area contributed by atoms with E-state index in [4.69, 9.17) is 0 Å². The van der Waals surface area contributed by atoms with Crippen molar-refractivity contribution in [3.63, 3.8) is 0 Å². The molecule has 8 nitrogen and oxygen atoms in total. The molecule has 2 aromatic rings. The van der Waals surface area contributed by atoms with E-state index in [1.54, 1.807) is 6.92 Å². The van der Waals surface area contributed by atoms with Gasteiger partial charge in [-0.3, -0.25) is 9.59 Å². The van der Waals surface area contributed by atoms with E-state index in [-0.39, 0.29) is 24.2 Å². The molecule has 0 fully saturated rings. The summed E-state index contributed by atoms with van der Waals surface area (Å²) in [5.74, 6) is -1.45. The van der Waals surface area contributed by atoms with Gasteiger partial charge in [-0.2, -0.15) is 12.7 Å². The summed E-state index contributed by atoms with van der Waals surface area (Å²) in [5.41, 5.74) is 0.927. The van der Waals surface area contributed by atoms with Gasteiger partial charge in [0.15, 0.2) is 0 Å². The van der Waals surface area contributed by atoms with Gasteiger partial charge in [0.2, 0.25) is 11.8 Å². The minimum atomic E-state index is -4.08. The van der Waals surface area contributed by atoms with Crippen LogP contribution < -0.4 is 9.62 Å². The fourth-order valence-corrected chi connectivity index (χ4v) is 4.15. The number of halogens is 1. The Bertz CT molecular complexity index is 1040. The molecule has 0 saturated carbocycles. The van der Waals surface area contributed by atoms with Crippen molar-refractivity contribution < 1.29 is 22.4 Å². The highest BCUT2D eigenvalue weighted by Gasteiger charge is 2.32. The molecule has 0 spiro atoms. The van der Waals surface area contributed by atoms with Gasteiger partial charge >= 0.3 is 10.2 Å². The zero-order valence-electron chi connectivity index (χ0n) is 19.5. The van der Waals surface area contributed by atoms with E-state index in [1.165, 1.54) is 31.1 Å². The maximum atomic E-state index is 13.4. The molecule has 180 valence electrons. The molecule has 10 heteroatoms. The molecule has 0 unspecified atom stereocenters. The average molecular weight is 479 g/mol. The Morgan fingerprint density at radius 2 is 1.55 bits per heavy atom. The van der Waals surface area contributed by atoms with E-state index < -0.39 is 34.5 Å². The fourth-order valence-electron chi connectivity index (χ4n) is 3.09. The summed E-state index contributed by atoms with van der Waals surface area (Å²) in [6.45, 7) is 4.78. The first-order valence-corrected chi connectivity index (χ1v) is 11.9. The molecule has 0 aliphatic carbocycles. The maximum absolute atomic E-state index is 13.4. The van der Waals surface area contributed by atoms with Crippen LogP contribution in [-0.4, -0.2) is 62.2 Å². The molecule has 0 radical (unpaired) electrons. The number of nitrogens with one attached hydrogen (secondary N) is 1. The molecule has 2 aromatic carbocycles. The van der Waals surface area contributed by atoms with Crippen molar-refractivity contribution >= 4 is 27.7 Å². The predicted molar refractivity (Wildman–Crippen MR) is 126 cm³/mol. The lowest BCUT2D eigenvalue weighted by molar-refractivity contribution is -0.139. The van der Waals surface area contributed by atoms with Crippen LogP contribution in [0.2, 0.25) is 0 Å². The largest absolute Gasteiger partial charge is 0.352 e. The van der Waals surface area contributed by atoms with E-state index in [2.05, 4.69) is 5.32 Å². The summed E-state index contributed by atoms with van der Waals surface area (Å²) in [5, 5.41) is 2.79. The van der Waals surface area contributed by atoms with Crippen molar-refractivity contribution in [2.24, 2.45) is 0 Å². The van der Waals surface area contributed by atoms with Crippen molar-refractivity contribution in [1.82, 2.24) is 14.5 Å². The Morgan fingerprint density at radius 1 is 0.970 bits per heavy atom. The number of nitrogens with zero attached hydrogens (tertiary/aromatic N) is 3. The van der Waals surface area contributed by atoms with Crippen LogP contribution in [0, 0.1) is 5.82 Å². The first-order chi connectivity index (χ1) is 15.4. The number of hydrogen-bond acceptors (Lipinski definition) is 4. The molecule has 0 aliphatic heterocycles. The first kappa shape index (κ1) is 26.3. The molecule has 1 atom stereocenters. The second-order valence-corrected chi connectivity index (χ2v) is 10.2. The van der Waals surface area contributed by atoms with Crippen LogP contribution in [0.4, 0.5) is 10.1 Å². The third kappa shape index (κ3) is 7.00. The van der Waals surface area contributed by atoms with Gasteiger partial charge in [0.05, 0.1) is 5.69 Å².